The first-order valence-corrected chi connectivity index (χ1v) is 13.2. The minimum absolute atomic E-state index is 0.0581. The molecular weight excluding hydrogens is 412 g/mol. The molecule has 5 nitrogen and oxygen atoms in total. The highest BCUT2D eigenvalue weighted by atomic mass is 16.6. The predicted molar refractivity (Wildman–Crippen MR) is 127 cm³/mol. The minimum atomic E-state index is -0.594. The Hall–Kier alpha value is -1.88. The van der Waals surface area contributed by atoms with Crippen molar-refractivity contribution in [2.75, 3.05) is 26.2 Å². The van der Waals surface area contributed by atoms with Crippen molar-refractivity contribution in [3.05, 3.63) is 34.9 Å². The molecule has 2 heterocycles. The molecule has 33 heavy (non-hydrogen) atoms. The number of aryl methyl sites for hydroxylation is 1. The summed E-state index contributed by atoms with van der Waals surface area (Å²) in [5.41, 5.74) is 3.17. The van der Waals surface area contributed by atoms with Crippen LogP contribution in [0.15, 0.2) is 18.2 Å². The molecule has 5 heteroatoms. The van der Waals surface area contributed by atoms with Crippen LogP contribution in [0.3, 0.4) is 0 Å². The van der Waals surface area contributed by atoms with Gasteiger partial charge in [0, 0.05) is 44.3 Å². The zero-order valence-electron chi connectivity index (χ0n) is 20.3. The van der Waals surface area contributed by atoms with Crippen molar-refractivity contribution in [2.24, 2.45) is 11.8 Å². The Morgan fingerprint density at radius 1 is 1.09 bits per heavy atom. The van der Waals surface area contributed by atoms with Crippen molar-refractivity contribution in [3.8, 4) is 0 Å². The quantitative estimate of drug-likeness (QED) is 0.651. The Kier molecular flexibility index (Phi) is 5.13. The fraction of sp³-hybridized carbons (Fsp3) is 0.714. The van der Waals surface area contributed by atoms with Gasteiger partial charge in [0.25, 0.3) is 0 Å². The van der Waals surface area contributed by atoms with E-state index in [9.17, 15) is 9.59 Å². The Labute approximate surface area is 197 Å². The van der Waals surface area contributed by atoms with Gasteiger partial charge in [-0.1, -0.05) is 23.8 Å². The first-order valence-electron chi connectivity index (χ1n) is 13.2. The number of fused-ring (bicyclic) bond motifs is 1. The third-order valence-corrected chi connectivity index (χ3v) is 9.49. The van der Waals surface area contributed by atoms with Crippen LogP contribution in [-0.4, -0.2) is 59.5 Å². The van der Waals surface area contributed by atoms with Gasteiger partial charge in [0.1, 0.15) is 5.60 Å². The largest absolute Gasteiger partial charge is 0.457 e. The third-order valence-electron chi connectivity index (χ3n) is 9.49. The topological polar surface area (TPSA) is 49.9 Å². The molecule has 2 saturated carbocycles. The number of hydrogen-bond donors (Lipinski definition) is 0. The van der Waals surface area contributed by atoms with Gasteiger partial charge in [0.05, 0.1) is 6.04 Å². The molecule has 0 aromatic heterocycles. The van der Waals surface area contributed by atoms with E-state index in [0.29, 0.717) is 12.3 Å². The molecule has 2 saturated heterocycles. The summed E-state index contributed by atoms with van der Waals surface area (Å²) in [6.45, 7) is 7.64. The SMILES string of the molecule is CC(=O)O[C@@]12C[C@H](C(=O)N3CCCCC3)C[C@@]13CCN(CC1CC1)[C@@H]2Cc1ccc(C)cc13. The van der Waals surface area contributed by atoms with E-state index >= 15 is 0 Å². The van der Waals surface area contributed by atoms with E-state index in [-0.39, 0.29) is 23.3 Å². The number of carbonyl (C=O) groups excluding carboxylic acids is 2. The number of nitrogens with zero attached hydrogens (tertiary/aromatic N) is 2. The van der Waals surface area contributed by atoms with Crippen LogP contribution in [0.4, 0.5) is 0 Å². The molecule has 1 aromatic carbocycles. The van der Waals surface area contributed by atoms with Crippen LogP contribution in [0.5, 0.6) is 0 Å². The van der Waals surface area contributed by atoms with Gasteiger partial charge in [0.15, 0.2) is 0 Å². The summed E-state index contributed by atoms with van der Waals surface area (Å²) >= 11 is 0. The van der Waals surface area contributed by atoms with Crippen molar-refractivity contribution in [3.63, 3.8) is 0 Å². The van der Waals surface area contributed by atoms with Gasteiger partial charge in [-0.2, -0.15) is 0 Å². The molecule has 178 valence electrons. The summed E-state index contributed by atoms with van der Waals surface area (Å²) in [7, 11) is 0. The van der Waals surface area contributed by atoms with E-state index in [1.54, 1.807) is 6.92 Å². The molecule has 2 aliphatic heterocycles. The van der Waals surface area contributed by atoms with E-state index in [1.165, 1.54) is 36.0 Å². The van der Waals surface area contributed by atoms with Crippen molar-refractivity contribution in [2.45, 2.75) is 88.7 Å². The number of esters is 1. The van der Waals surface area contributed by atoms with Crippen LogP contribution < -0.4 is 0 Å². The standard InChI is InChI=1S/C28H38N2O3/c1-19-6-9-22-15-25-28(33-20(2)31)17-23(26(32)29-11-4-3-5-12-29)16-27(28,24(22)14-19)10-13-30(25)18-21-7-8-21/h6,9,14,21,23,25H,3-5,7-8,10-13,15-18H2,1-2H3/t23-,25-,27-,28-/m1/s1. The highest BCUT2D eigenvalue weighted by Gasteiger charge is 2.71. The molecule has 1 amide bonds. The van der Waals surface area contributed by atoms with Gasteiger partial charge in [-0.25, -0.2) is 0 Å². The van der Waals surface area contributed by atoms with E-state index in [4.69, 9.17) is 4.74 Å². The second-order valence-corrected chi connectivity index (χ2v) is 11.6. The van der Waals surface area contributed by atoms with E-state index in [0.717, 1.165) is 64.2 Å². The molecule has 5 aliphatic rings. The molecule has 6 rings (SSSR count). The van der Waals surface area contributed by atoms with E-state index in [2.05, 4.69) is 34.9 Å². The molecule has 2 bridgehead atoms. The second-order valence-electron chi connectivity index (χ2n) is 11.6. The number of benzene rings is 1. The van der Waals surface area contributed by atoms with E-state index in [1.807, 2.05) is 0 Å². The lowest BCUT2D eigenvalue weighted by molar-refractivity contribution is -0.189. The summed E-state index contributed by atoms with van der Waals surface area (Å²) in [5, 5.41) is 0. The molecule has 4 fully saturated rings. The van der Waals surface area contributed by atoms with Crippen LogP contribution in [0.25, 0.3) is 0 Å². The van der Waals surface area contributed by atoms with Crippen molar-refractivity contribution in [1.29, 1.82) is 0 Å². The molecule has 4 atom stereocenters. The van der Waals surface area contributed by atoms with Gasteiger partial charge in [-0.15, -0.1) is 0 Å². The summed E-state index contributed by atoms with van der Waals surface area (Å²) in [5.74, 6) is 0.842. The number of rotatable bonds is 4. The van der Waals surface area contributed by atoms with Crippen LogP contribution in [-0.2, 0) is 26.2 Å². The third kappa shape index (κ3) is 3.37. The van der Waals surface area contributed by atoms with Crippen LogP contribution in [0, 0.1) is 18.8 Å². The Morgan fingerprint density at radius 2 is 1.88 bits per heavy atom. The van der Waals surface area contributed by atoms with Gasteiger partial charge in [-0.3, -0.25) is 14.5 Å². The fourth-order valence-corrected chi connectivity index (χ4v) is 7.93. The highest BCUT2D eigenvalue weighted by molar-refractivity contribution is 5.80. The van der Waals surface area contributed by atoms with Gasteiger partial charge < -0.3 is 9.64 Å². The molecule has 1 aromatic rings. The summed E-state index contributed by atoms with van der Waals surface area (Å²) in [4.78, 5) is 31.2. The van der Waals surface area contributed by atoms with Crippen LogP contribution in [0.1, 0.15) is 75.0 Å². The normalized spacial score (nSPS) is 35.6. The molecule has 3 aliphatic carbocycles. The zero-order chi connectivity index (χ0) is 22.8. The number of hydrogen-bond acceptors (Lipinski definition) is 4. The molecule has 0 N–H and O–H groups in total. The number of piperidine rings is 2. The minimum Gasteiger partial charge on any atom is -0.457 e. The molecule has 0 radical (unpaired) electrons. The van der Waals surface area contributed by atoms with E-state index < -0.39 is 5.60 Å². The van der Waals surface area contributed by atoms with Crippen molar-refractivity contribution in [1.82, 2.24) is 9.80 Å². The molecular formula is C28H38N2O3. The smallest absolute Gasteiger partial charge is 0.303 e. The summed E-state index contributed by atoms with van der Waals surface area (Å²) in [6, 6.07) is 7.04. The molecule has 0 spiro atoms. The number of carbonyl (C=O) groups is 2. The maximum Gasteiger partial charge on any atom is 0.303 e. The van der Waals surface area contributed by atoms with Gasteiger partial charge >= 0.3 is 5.97 Å². The molecule has 0 unspecified atom stereocenters. The summed E-state index contributed by atoms with van der Waals surface area (Å²) < 4.78 is 6.51. The predicted octanol–water partition coefficient (Wildman–Crippen LogP) is 4.00. The number of ether oxygens (including phenoxy) is 1. The first kappa shape index (κ1) is 21.6. The summed E-state index contributed by atoms with van der Waals surface area (Å²) in [6.07, 6.45) is 9.48. The maximum atomic E-state index is 13.8. The van der Waals surface area contributed by atoms with Crippen molar-refractivity contribution >= 4 is 11.9 Å². The number of likely N-dealkylation sites (tertiary alicyclic amines) is 2. The number of amides is 1. The first-order chi connectivity index (χ1) is 15.9. The Morgan fingerprint density at radius 3 is 2.61 bits per heavy atom. The fourth-order valence-electron chi connectivity index (χ4n) is 7.93. The van der Waals surface area contributed by atoms with Crippen LogP contribution in [0.2, 0.25) is 0 Å². The maximum absolute atomic E-state index is 13.8. The van der Waals surface area contributed by atoms with Gasteiger partial charge in [-0.05, 0) is 81.9 Å². The average Bonchev–Trinajstić information content (AvgIpc) is 3.54. The zero-order valence-corrected chi connectivity index (χ0v) is 20.3. The lowest BCUT2D eigenvalue weighted by atomic mass is 9.55. The van der Waals surface area contributed by atoms with Crippen molar-refractivity contribution < 1.29 is 14.3 Å². The second kappa shape index (κ2) is 7.83. The highest BCUT2D eigenvalue weighted by Crippen LogP contribution is 2.63. The van der Waals surface area contributed by atoms with Crippen LogP contribution >= 0.6 is 0 Å². The Bertz CT molecular complexity index is 966. The Balaban J connectivity index is 1.45. The lowest BCUT2D eigenvalue weighted by Crippen LogP contribution is -2.70. The van der Waals surface area contributed by atoms with Gasteiger partial charge in [0.2, 0.25) is 5.91 Å². The average molecular weight is 451 g/mol. The monoisotopic (exact) mass is 450 g/mol. The lowest BCUT2D eigenvalue weighted by Gasteiger charge is -2.60.